The van der Waals surface area contributed by atoms with Gasteiger partial charge >= 0.3 is 0 Å². The molecule has 0 fully saturated rings. The topological polar surface area (TPSA) is 49.3 Å². The van der Waals surface area contributed by atoms with Gasteiger partial charge in [-0.2, -0.15) is 0 Å². The first-order chi connectivity index (χ1) is 9.63. The standard InChI is InChI=1S/C15H10BrNO2S/c16-10-5-6-12(18)9(7-10)8-14-15(19)17-11-3-1-2-4-13(11)20-14/h1-8,18H,(H,17,19)/b14-8-. The highest BCUT2D eigenvalue weighted by Gasteiger charge is 2.20. The molecule has 0 saturated carbocycles. The van der Waals surface area contributed by atoms with Crippen LogP contribution < -0.4 is 5.32 Å². The predicted octanol–water partition coefficient (Wildman–Crippen LogP) is 4.24. The zero-order valence-electron chi connectivity index (χ0n) is 10.3. The first-order valence-electron chi connectivity index (χ1n) is 5.92. The average Bonchev–Trinajstić information content (AvgIpc) is 2.43. The average molecular weight is 348 g/mol. The highest BCUT2D eigenvalue weighted by Crippen LogP contribution is 2.39. The second-order valence-electron chi connectivity index (χ2n) is 4.26. The van der Waals surface area contributed by atoms with Gasteiger partial charge in [0.1, 0.15) is 5.75 Å². The number of para-hydroxylation sites is 1. The van der Waals surface area contributed by atoms with Gasteiger partial charge in [-0.1, -0.05) is 39.8 Å². The summed E-state index contributed by atoms with van der Waals surface area (Å²) in [4.78, 5) is 13.6. The van der Waals surface area contributed by atoms with Gasteiger partial charge in [-0.05, 0) is 36.4 Å². The molecule has 0 saturated heterocycles. The molecule has 0 radical (unpaired) electrons. The number of phenols is 1. The van der Waals surface area contributed by atoms with E-state index in [0.29, 0.717) is 10.5 Å². The van der Waals surface area contributed by atoms with Crippen LogP contribution in [0.15, 0.2) is 56.7 Å². The first kappa shape index (κ1) is 13.3. The van der Waals surface area contributed by atoms with Crippen molar-refractivity contribution >= 4 is 45.4 Å². The minimum absolute atomic E-state index is 0.146. The summed E-state index contributed by atoms with van der Waals surface area (Å²) < 4.78 is 0.851. The van der Waals surface area contributed by atoms with Gasteiger partial charge < -0.3 is 10.4 Å². The zero-order chi connectivity index (χ0) is 14.1. The predicted molar refractivity (Wildman–Crippen MR) is 84.7 cm³/mol. The number of halogens is 1. The van der Waals surface area contributed by atoms with E-state index in [-0.39, 0.29) is 11.7 Å². The van der Waals surface area contributed by atoms with Crippen LogP contribution in [0.3, 0.4) is 0 Å². The Bertz CT molecular complexity index is 728. The van der Waals surface area contributed by atoms with Gasteiger partial charge in [0.05, 0.1) is 10.6 Å². The van der Waals surface area contributed by atoms with Crippen LogP contribution in [0.2, 0.25) is 0 Å². The molecule has 1 amide bonds. The third-order valence-electron chi connectivity index (χ3n) is 2.86. The third kappa shape index (κ3) is 2.59. The van der Waals surface area contributed by atoms with Crippen molar-refractivity contribution in [2.45, 2.75) is 4.90 Å². The van der Waals surface area contributed by atoms with Crippen LogP contribution >= 0.6 is 27.7 Å². The number of hydrogen-bond acceptors (Lipinski definition) is 3. The maximum atomic E-state index is 12.1. The van der Waals surface area contributed by atoms with Crippen LogP contribution in [0.5, 0.6) is 5.75 Å². The first-order valence-corrected chi connectivity index (χ1v) is 7.53. The van der Waals surface area contributed by atoms with Gasteiger partial charge in [0.25, 0.3) is 5.91 Å². The quantitative estimate of drug-likeness (QED) is 0.758. The van der Waals surface area contributed by atoms with Crippen LogP contribution in [0.25, 0.3) is 6.08 Å². The number of rotatable bonds is 1. The Balaban J connectivity index is 2.01. The molecule has 2 aromatic rings. The normalized spacial score (nSPS) is 15.8. The van der Waals surface area contributed by atoms with Gasteiger partial charge in [0.15, 0.2) is 0 Å². The third-order valence-corrected chi connectivity index (χ3v) is 4.45. The number of carbonyl (C=O) groups excluding carboxylic acids is 1. The Morgan fingerprint density at radius 3 is 2.85 bits per heavy atom. The van der Waals surface area contributed by atoms with Crippen molar-refractivity contribution in [2.75, 3.05) is 5.32 Å². The fourth-order valence-electron chi connectivity index (χ4n) is 1.88. The van der Waals surface area contributed by atoms with Gasteiger partial charge in [-0.15, -0.1) is 0 Å². The molecule has 0 bridgehead atoms. The van der Waals surface area contributed by atoms with Crippen molar-refractivity contribution in [1.82, 2.24) is 0 Å². The van der Waals surface area contributed by atoms with E-state index in [2.05, 4.69) is 21.2 Å². The number of fused-ring (bicyclic) bond motifs is 1. The van der Waals surface area contributed by atoms with E-state index < -0.39 is 0 Å². The summed E-state index contributed by atoms with van der Waals surface area (Å²) in [7, 11) is 0. The molecule has 1 aliphatic rings. The molecule has 0 aliphatic carbocycles. The summed E-state index contributed by atoms with van der Waals surface area (Å²) in [6, 6.07) is 12.8. The molecule has 1 aliphatic heterocycles. The zero-order valence-corrected chi connectivity index (χ0v) is 12.7. The van der Waals surface area contributed by atoms with Crippen molar-refractivity contribution in [1.29, 1.82) is 0 Å². The largest absolute Gasteiger partial charge is 0.507 e. The Morgan fingerprint density at radius 1 is 1.20 bits per heavy atom. The molecule has 0 aromatic heterocycles. The van der Waals surface area contributed by atoms with E-state index in [1.807, 2.05) is 24.3 Å². The van der Waals surface area contributed by atoms with Crippen molar-refractivity contribution < 1.29 is 9.90 Å². The lowest BCUT2D eigenvalue weighted by atomic mass is 10.2. The van der Waals surface area contributed by atoms with Crippen molar-refractivity contribution in [2.24, 2.45) is 0 Å². The lowest BCUT2D eigenvalue weighted by Gasteiger charge is -2.18. The molecule has 3 nitrogen and oxygen atoms in total. The molecule has 1 heterocycles. The Labute approximate surface area is 128 Å². The highest BCUT2D eigenvalue weighted by molar-refractivity contribution is 9.10. The molecule has 100 valence electrons. The SMILES string of the molecule is O=C1Nc2ccccc2S/C1=C\c1cc(Br)ccc1O. The number of phenolic OH excluding ortho intramolecular Hbond substituents is 1. The number of benzene rings is 2. The summed E-state index contributed by atoms with van der Waals surface area (Å²) in [5, 5.41) is 12.7. The van der Waals surface area contributed by atoms with E-state index >= 15 is 0 Å². The number of hydrogen-bond donors (Lipinski definition) is 2. The van der Waals surface area contributed by atoms with Crippen LogP contribution in [0.4, 0.5) is 5.69 Å². The molecule has 2 N–H and O–H groups in total. The van der Waals surface area contributed by atoms with E-state index in [1.165, 1.54) is 11.8 Å². The smallest absolute Gasteiger partial charge is 0.262 e. The molecule has 0 atom stereocenters. The van der Waals surface area contributed by atoms with Crippen LogP contribution in [0.1, 0.15) is 5.56 Å². The molecule has 2 aromatic carbocycles. The second-order valence-corrected chi connectivity index (χ2v) is 6.26. The van der Waals surface area contributed by atoms with Crippen LogP contribution in [-0.2, 0) is 4.79 Å². The lowest BCUT2D eigenvalue weighted by Crippen LogP contribution is -2.17. The maximum Gasteiger partial charge on any atom is 0.262 e. The van der Waals surface area contributed by atoms with E-state index in [0.717, 1.165) is 15.1 Å². The lowest BCUT2D eigenvalue weighted by molar-refractivity contribution is -0.112. The summed E-state index contributed by atoms with van der Waals surface area (Å²) in [5.74, 6) is -0.0129. The van der Waals surface area contributed by atoms with Gasteiger partial charge in [-0.25, -0.2) is 0 Å². The fraction of sp³-hybridized carbons (Fsp3) is 0. The molecule has 3 rings (SSSR count). The van der Waals surface area contributed by atoms with Gasteiger partial charge in [0.2, 0.25) is 0 Å². The van der Waals surface area contributed by atoms with Gasteiger partial charge in [0, 0.05) is 14.9 Å². The van der Waals surface area contributed by atoms with Crippen molar-refractivity contribution in [3.8, 4) is 5.75 Å². The van der Waals surface area contributed by atoms with Crippen LogP contribution in [0, 0.1) is 0 Å². The van der Waals surface area contributed by atoms with E-state index in [1.54, 1.807) is 24.3 Å². The monoisotopic (exact) mass is 347 g/mol. The molecular weight excluding hydrogens is 338 g/mol. The molecule has 5 heteroatoms. The number of thioether (sulfide) groups is 1. The van der Waals surface area contributed by atoms with Gasteiger partial charge in [-0.3, -0.25) is 4.79 Å². The maximum absolute atomic E-state index is 12.1. The Hall–Kier alpha value is -1.72. The highest BCUT2D eigenvalue weighted by atomic mass is 79.9. The van der Waals surface area contributed by atoms with E-state index in [9.17, 15) is 9.90 Å². The van der Waals surface area contributed by atoms with Crippen LogP contribution in [-0.4, -0.2) is 11.0 Å². The van der Waals surface area contributed by atoms with Crippen molar-refractivity contribution in [3.63, 3.8) is 0 Å². The second kappa shape index (κ2) is 5.34. The number of nitrogens with one attached hydrogen (secondary N) is 1. The minimum Gasteiger partial charge on any atom is -0.507 e. The molecule has 0 unspecified atom stereocenters. The summed E-state index contributed by atoms with van der Waals surface area (Å²) >= 11 is 4.75. The molecule has 0 spiro atoms. The molecular formula is C15H10BrNO2S. The minimum atomic E-state index is -0.159. The van der Waals surface area contributed by atoms with Crippen molar-refractivity contribution in [3.05, 3.63) is 57.4 Å². The number of aromatic hydroxyl groups is 1. The Kier molecular flexibility index (Phi) is 3.54. The number of amides is 1. The fourth-order valence-corrected chi connectivity index (χ4v) is 3.21. The summed E-state index contributed by atoms with van der Waals surface area (Å²) in [6.45, 7) is 0. The number of carbonyl (C=O) groups is 1. The summed E-state index contributed by atoms with van der Waals surface area (Å²) in [6.07, 6.45) is 1.69. The molecule has 20 heavy (non-hydrogen) atoms. The summed E-state index contributed by atoms with van der Waals surface area (Å²) in [5.41, 5.74) is 1.43. The number of anilines is 1. The van der Waals surface area contributed by atoms with E-state index in [4.69, 9.17) is 0 Å². The Morgan fingerprint density at radius 2 is 2.00 bits per heavy atom.